The molecule has 3 rings (SSSR count). The van der Waals surface area contributed by atoms with Gasteiger partial charge in [-0.15, -0.1) is 10.2 Å². The number of hydrogen-bond acceptors (Lipinski definition) is 4. The molecule has 4 nitrogen and oxygen atoms in total. The van der Waals surface area contributed by atoms with E-state index in [4.69, 9.17) is 11.6 Å². The van der Waals surface area contributed by atoms with Crippen molar-refractivity contribution in [2.45, 2.75) is 0 Å². The fraction of sp³-hybridized carbons (Fsp3) is 0. The largest absolute Gasteiger partial charge is 0.297 e. The van der Waals surface area contributed by atoms with Crippen LogP contribution >= 0.6 is 22.9 Å². The van der Waals surface area contributed by atoms with Crippen molar-refractivity contribution < 1.29 is 4.79 Å². The molecule has 0 fully saturated rings. The van der Waals surface area contributed by atoms with Gasteiger partial charge in [0.1, 0.15) is 5.01 Å². The lowest BCUT2D eigenvalue weighted by Gasteiger charge is -1.96. The Labute approximate surface area is 142 Å². The molecule has 0 bridgehead atoms. The van der Waals surface area contributed by atoms with E-state index in [1.807, 2.05) is 42.5 Å². The summed E-state index contributed by atoms with van der Waals surface area (Å²) in [6.07, 6.45) is 3.13. The molecule has 0 aliphatic heterocycles. The molecule has 3 aromatic rings. The van der Waals surface area contributed by atoms with Crippen LogP contribution in [-0.4, -0.2) is 16.1 Å². The monoisotopic (exact) mass is 341 g/mol. The molecule has 1 amide bonds. The maximum atomic E-state index is 11.9. The van der Waals surface area contributed by atoms with Crippen LogP contribution in [-0.2, 0) is 4.79 Å². The van der Waals surface area contributed by atoms with Gasteiger partial charge in [-0.25, -0.2) is 0 Å². The lowest BCUT2D eigenvalue weighted by molar-refractivity contribution is -0.111. The zero-order valence-electron chi connectivity index (χ0n) is 11.9. The molecular formula is C17H12ClN3OS. The average Bonchev–Trinajstić information content (AvgIpc) is 3.02. The summed E-state index contributed by atoms with van der Waals surface area (Å²) in [5.74, 6) is -0.263. The molecule has 23 heavy (non-hydrogen) atoms. The number of hydrogen-bond donors (Lipinski definition) is 1. The van der Waals surface area contributed by atoms with Gasteiger partial charge in [0.25, 0.3) is 0 Å². The number of rotatable bonds is 4. The predicted octanol–water partition coefficient (Wildman–Crippen LogP) is 4.51. The number of amides is 1. The molecule has 6 heteroatoms. The minimum atomic E-state index is -0.263. The maximum absolute atomic E-state index is 11.9. The molecule has 0 spiro atoms. The van der Waals surface area contributed by atoms with Gasteiger partial charge in [-0.2, -0.15) is 0 Å². The topological polar surface area (TPSA) is 54.9 Å². The van der Waals surface area contributed by atoms with Crippen molar-refractivity contribution in [1.29, 1.82) is 0 Å². The minimum absolute atomic E-state index is 0.263. The zero-order chi connectivity index (χ0) is 16.1. The van der Waals surface area contributed by atoms with Crippen LogP contribution < -0.4 is 5.32 Å². The predicted molar refractivity (Wildman–Crippen MR) is 94.5 cm³/mol. The number of carbonyl (C=O) groups is 1. The lowest BCUT2D eigenvalue weighted by atomic mass is 10.2. The Hall–Kier alpha value is -2.50. The third-order valence-electron chi connectivity index (χ3n) is 2.95. The van der Waals surface area contributed by atoms with Crippen LogP contribution in [0.5, 0.6) is 0 Å². The number of nitrogens with one attached hydrogen (secondary N) is 1. The number of halogens is 1. The summed E-state index contributed by atoms with van der Waals surface area (Å²) in [4.78, 5) is 11.9. The van der Waals surface area contributed by atoms with Crippen molar-refractivity contribution in [3.05, 3.63) is 71.3 Å². The van der Waals surface area contributed by atoms with Gasteiger partial charge in [-0.3, -0.25) is 10.1 Å². The van der Waals surface area contributed by atoms with Crippen LogP contribution in [0.1, 0.15) is 5.56 Å². The van der Waals surface area contributed by atoms with E-state index in [0.29, 0.717) is 10.2 Å². The second kappa shape index (κ2) is 7.17. The first-order chi connectivity index (χ1) is 11.2. The van der Waals surface area contributed by atoms with Gasteiger partial charge < -0.3 is 0 Å². The second-order valence-electron chi connectivity index (χ2n) is 4.66. The van der Waals surface area contributed by atoms with Crippen molar-refractivity contribution in [3.8, 4) is 10.6 Å². The molecule has 0 radical (unpaired) electrons. The second-order valence-corrected chi connectivity index (χ2v) is 6.07. The SMILES string of the molecule is O=C(C=Cc1cccc(Cl)c1)Nc1nnc(-c2ccccc2)s1. The fourth-order valence-electron chi connectivity index (χ4n) is 1.90. The van der Waals surface area contributed by atoms with E-state index in [1.165, 1.54) is 17.4 Å². The van der Waals surface area contributed by atoms with Gasteiger partial charge in [0, 0.05) is 16.7 Å². The molecule has 2 aromatic carbocycles. The van der Waals surface area contributed by atoms with Gasteiger partial charge in [0.15, 0.2) is 0 Å². The molecule has 1 aromatic heterocycles. The van der Waals surface area contributed by atoms with E-state index in [-0.39, 0.29) is 5.91 Å². The number of nitrogens with zero attached hydrogens (tertiary/aromatic N) is 2. The Balaban J connectivity index is 1.66. The number of anilines is 1. The summed E-state index contributed by atoms with van der Waals surface area (Å²) in [5.41, 5.74) is 1.83. The van der Waals surface area contributed by atoms with Crippen molar-refractivity contribution in [2.75, 3.05) is 5.32 Å². The van der Waals surface area contributed by atoms with Crippen molar-refractivity contribution in [2.24, 2.45) is 0 Å². The third kappa shape index (κ3) is 4.25. The summed E-state index contributed by atoms with van der Waals surface area (Å²) in [5, 5.41) is 12.6. The minimum Gasteiger partial charge on any atom is -0.297 e. The quantitative estimate of drug-likeness (QED) is 0.710. The van der Waals surface area contributed by atoms with Crippen molar-refractivity contribution >= 4 is 40.1 Å². The Morgan fingerprint density at radius 1 is 1.09 bits per heavy atom. The van der Waals surface area contributed by atoms with Crippen LogP contribution in [0.25, 0.3) is 16.6 Å². The van der Waals surface area contributed by atoms with Crippen molar-refractivity contribution in [3.63, 3.8) is 0 Å². The summed E-state index contributed by atoms with van der Waals surface area (Å²) >= 11 is 7.23. The van der Waals surface area contributed by atoms with Gasteiger partial charge in [-0.1, -0.05) is 65.4 Å². The van der Waals surface area contributed by atoms with Crippen LogP contribution in [0, 0.1) is 0 Å². The standard InChI is InChI=1S/C17H12ClN3OS/c18-14-8-4-5-12(11-14)9-10-15(22)19-17-21-20-16(23-17)13-6-2-1-3-7-13/h1-11H,(H,19,21,22). The molecular weight excluding hydrogens is 330 g/mol. The molecule has 0 unspecified atom stereocenters. The maximum Gasteiger partial charge on any atom is 0.250 e. The van der Waals surface area contributed by atoms with E-state index in [1.54, 1.807) is 18.2 Å². The summed E-state index contributed by atoms with van der Waals surface area (Å²) in [6.45, 7) is 0. The molecule has 0 saturated carbocycles. The van der Waals surface area contributed by atoms with E-state index >= 15 is 0 Å². The Kier molecular flexibility index (Phi) is 4.80. The highest BCUT2D eigenvalue weighted by Crippen LogP contribution is 2.25. The Bertz CT molecular complexity index is 846. The molecule has 1 heterocycles. The van der Waals surface area contributed by atoms with Gasteiger partial charge in [-0.05, 0) is 23.8 Å². The Morgan fingerprint density at radius 3 is 2.70 bits per heavy atom. The summed E-state index contributed by atoms with van der Waals surface area (Å²) < 4.78 is 0. The van der Waals surface area contributed by atoms with Crippen LogP contribution in [0.3, 0.4) is 0 Å². The summed E-state index contributed by atoms with van der Waals surface area (Å²) in [6, 6.07) is 17.0. The van der Waals surface area contributed by atoms with Crippen molar-refractivity contribution in [1.82, 2.24) is 10.2 Å². The van der Waals surface area contributed by atoms with E-state index in [2.05, 4.69) is 15.5 Å². The average molecular weight is 342 g/mol. The van der Waals surface area contributed by atoms with E-state index in [9.17, 15) is 4.79 Å². The first-order valence-electron chi connectivity index (χ1n) is 6.84. The highest BCUT2D eigenvalue weighted by Gasteiger charge is 2.07. The van der Waals surface area contributed by atoms with Gasteiger partial charge in [0.05, 0.1) is 0 Å². The number of aromatic nitrogens is 2. The Morgan fingerprint density at radius 2 is 1.91 bits per heavy atom. The van der Waals surface area contributed by atoms with Crippen LogP contribution in [0.15, 0.2) is 60.7 Å². The van der Waals surface area contributed by atoms with Gasteiger partial charge >= 0.3 is 0 Å². The zero-order valence-corrected chi connectivity index (χ0v) is 13.5. The van der Waals surface area contributed by atoms with E-state index in [0.717, 1.165) is 16.1 Å². The van der Waals surface area contributed by atoms with Crippen LogP contribution in [0.2, 0.25) is 5.02 Å². The highest BCUT2D eigenvalue weighted by molar-refractivity contribution is 7.18. The van der Waals surface area contributed by atoms with Gasteiger partial charge in [0.2, 0.25) is 11.0 Å². The summed E-state index contributed by atoms with van der Waals surface area (Å²) in [7, 11) is 0. The molecule has 1 N–H and O–H groups in total. The number of carbonyl (C=O) groups excluding carboxylic acids is 1. The lowest BCUT2D eigenvalue weighted by Crippen LogP contribution is -2.07. The molecule has 0 aliphatic carbocycles. The highest BCUT2D eigenvalue weighted by atomic mass is 35.5. The van der Waals surface area contributed by atoms with Crippen LogP contribution in [0.4, 0.5) is 5.13 Å². The first-order valence-corrected chi connectivity index (χ1v) is 8.04. The first kappa shape index (κ1) is 15.4. The number of benzene rings is 2. The van der Waals surface area contributed by atoms with E-state index < -0.39 is 0 Å². The molecule has 114 valence electrons. The molecule has 0 atom stereocenters. The normalized spacial score (nSPS) is 10.8. The molecule has 0 saturated heterocycles. The smallest absolute Gasteiger partial charge is 0.250 e. The third-order valence-corrected chi connectivity index (χ3v) is 4.07. The molecule has 0 aliphatic rings. The fourth-order valence-corrected chi connectivity index (χ4v) is 2.85.